The van der Waals surface area contributed by atoms with E-state index in [1.54, 1.807) is 24.3 Å². The molecule has 2 rings (SSSR count). The molecule has 1 aliphatic rings. The fraction of sp³-hybridized carbons (Fsp3) is 0.267. The lowest BCUT2D eigenvalue weighted by Crippen LogP contribution is -2.64. The largest absolute Gasteiger partial charge is 0.350 e. The minimum atomic E-state index is -1.52. The molecule has 0 radical (unpaired) electrons. The summed E-state index contributed by atoms with van der Waals surface area (Å²) in [4.78, 5) is 46.6. The zero-order valence-electron chi connectivity index (χ0n) is 12.8. The van der Waals surface area contributed by atoms with Gasteiger partial charge in [-0.2, -0.15) is 0 Å². The number of carbonyl (C=O) groups excluding carboxylic acids is 4. The first-order valence-electron chi connectivity index (χ1n) is 6.63. The molecule has 3 N–H and O–H groups in total. The van der Waals surface area contributed by atoms with Crippen molar-refractivity contribution in [2.45, 2.75) is 13.8 Å². The zero-order chi connectivity index (χ0) is 17.6. The third kappa shape index (κ3) is 4.19. The van der Waals surface area contributed by atoms with Crippen molar-refractivity contribution >= 4 is 41.8 Å². The van der Waals surface area contributed by atoms with Crippen LogP contribution >= 0.6 is 12.2 Å². The second kappa shape index (κ2) is 7.59. The highest BCUT2D eigenvalue weighted by molar-refractivity contribution is 7.77. The molecule has 5 amide bonds. The number of imide groups is 2. The lowest BCUT2D eigenvalue weighted by molar-refractivity contribution is -0.142. The smallest absolute Gasteiger partial charge is 0.328 e. The first-order chi connectivity index (χ1) is 10.8. The van der Waals surface area contributed by atoms with E-state index >= 15 is 0 Å². The summed E-state index contributed by atoms with van der Waals surface area (Å²) in [6.45, 7) is 3.06. The van der Waals surface area contributed by atoms with Crippen LogP contribution in [-0.2, 0) is 9.59 Å². The van der Waals surface area contributed by atoms with Crippen LogP contribution in [0.25, 0.3) is 0 Å². The number of barbiturate groups is 1. The second-order valence-electron chi connectivity index (χ2n) is 5.12. The van der Waals surface area contributed by atoms with Crippen LogP contribution in [0.3, 0.4) is 0 Å². The number of thiocarbonyl (C=S) groups is 1. The van der Waals surface area contributed by atoms with Gasteiger partial charge < -0.3 is 5.32 Å². The molecule has 1 aromatic rings. The molecule has 0 aliphatic carbocycles. The Morgan fingerprint density at radius 3 is 2.09 bits per heavy atom. The van der Waals surface area contributed by atoms with Crippen LogP contribution in [0.1, 0.15) is 22.8 Å². The number of aryl methyl sites for hydroxylation is 1. The van der Waals surface area contributed by atoms with E-state index in [0.717, 1.165) is 5.56 Å². The van der Waals surface area contributed by atoms with Gasteiger partial charge in [0.25, 0.3) is 5.91 Å². The summed E-state index contributed by atoms with van der Waals surface area (Å²) < 4.78 is 0. The van der Waals surface area contributed by atoms with Crippen molar-refractivity contribution in [1.29, 1.82) is 0 Å². The topological polar surface area (TPSA) is 104 Å². The van der Waals surface area contributed by atoms with Crippen LogP contribution in [0.4, 0.5) is 4.79 Å². The molecular weight excluding hydrogens is 318 g/mol. The van der Waals surface area contributed by atoms with E-state index in [0.29, 0.717) is 5.56 Å². The van der Waals surface area contributed by atoms with Gasteiger partial charge in [-0.05, 0) is 31.9 Å². The van der Waals surface area contributed by atoms with Gasteiger partial charge in [0.1, 0.15) is 5.41 Å². The molecule has 7 nitrogen and oxygen atoms in total. The van der Waals surface area contributed by atoms with Crippen molar-refractivity contribution in [3.8, 4) is 0 Å². The van der Waals surface area contributed by atoms with E-state index in [4.69, 9.17) is 0 Å². The number of carbonyl (C=O) groups is 4. The monoisotopic (exact) mass is 335 g/mol. The summed E-state index contributed by atoms with van der Waals surface area (Å²) in [5, 5.41) is 6.55. The van der Waals surface area contributed by atoms with E-state index < -0.39 is 29.2 Å². The molecule has 122 valence electrons. The molecule has 0 bridgehead atoms. The van der Waals surface area contributed by atoms with Crippen molar-refractivity contribution in [2.24, 2.45) is 5.41 Å². The minimum Gasteiger partial charge on any atom is -0.350 e. The lowest BCUT2D eigenvalue weighted by atomic mass is 9.86. The van der Waals surface area contributed by atoms with Gasteiger partial charge in [0, 0.05) is 12.1 Å². The first-order valence-corrected chi connectivity index (χ1v) is 7.21. The summed E-state index contributed by atoms with van der Waals surface area (Å²) >= 11 is 3.83. The average molecular weight is 335 g/mol. The number of hydrogen-bond acceptors (Lipinski definition) is 5. The zero-order valence-corrected chi connectivity index (χ0v) is 13.6. The van der Waals surface area contributed by atoms with Gasteiger partial charge in [0.15, 0.2) is 0 Å². The fourth-order valence-electron chi connectivity index (χ4n) is 1.84. The normalized spacial score (nSPS) is 15.7. The molecule has 23 heavy (non-hydrogen) atoms. The molecule has 0 unspecified atom stereocenters. The van der Waals surface area contributed by atoms with Gasteiger partial charge in [-0.3, -0.25) is 25.0 Å². The maximum atomic E-state index is 12.0. The Hall–Kier alpha value is -2.61. The Balaban J connectivity index is 0.00000127. The molecule has 1 aliphatic heterocycles. The van der Waals surface area contributed by atoms with E-state index in [-0.39, 0.29) is 6.54 Å². The van der Waals surface area contributed by atoms with Crippen LogP contribution in [0.5, 0.6) is 0 Å². The third-order valence-electron chi connectivity index (χ3n) is 3.37. The summed E-state index contributed by atoms with van der Waals surface area (Å²) in [5.41, 5.74) is -0.0752. The number of amides is 5. The SMILES string of the molecule is C=S.Cc1ccc(C(=O)NCC2(C)C(=O)NC(=O)NC2=O)cc1. The number of urea groups is 1. The molecule has 1 heterocycles. The Morgan fingerprint density at radius 1 is 1.13 bits per heavy atom. The summed E-state index contributed by atoms with van der Waals surface area (Å²) in [7, 11) is 0. The Morgan fingerprint density at radius 2 is 1.61 bits per heavy atom. The predicted molar refractivity (Wildman–Crippen MR) is 88.0 cm³/mol. The van der Waals surface area contributed by atoms with E-state index in [9.17, 15) is 19.2 Å². The molecule has 0 aromatic heterocycles. The second-order valence-corrected chi connectivity index (χ2v) is 5.12. The third-order valence-corrected chi connectivity index (χ3v) is 3.37. The van der Waals surface area contributed by atoms with Gasteiger partial charge >= 0.3 is 6.03 Å². The Labute approximate surface area is 138 Å². The van der Waals surface area contributed by atoms with Crippen molar-refractivity contribution in [1.82, 2.24) is 16.0 Å². The molecular formula is C15H17N3O4S. The van der Waals surface area contributed by atoms with E-state index in [1.165, 1.54) is 6.92 Å². The highest BCUT2D eigenvalue weighted by Crippen LogP contribution is 2.18. The quantitative estimate of drug-likeness (QED) is 0.557. The molecule has 1 saturated heterocycles. The number of hydrogen-bond donors (Lipinski definition) is 3. The van der Waals surface area contributed by atoms with Crippen molar-refractivity contribution < 1.29 is 19.2 Å². The van der Waals surface area contributed by atoms with E-state index in [2.05, 4.69) is 23.4 Å². The van der Waals surface area contributed by atoms with Crippen molar-refractivity contribution in [2.75, 3.05) is 6.54 Å². The van der Waals surface area contributed by atoms with Gasteiger partial charge in [-0.1, -0.05) is 29.9 Å². The van der Waals surface area contributed by atoms with Gasteiger partial charge in [-0.25, -0.2) is 4.79 Å². The van der Waals surface area contributed by atoms with Crippen LogP contribution < -0.4 is 16.0 Å². The highest BCUT2D eigenvalue weighted by Gasteiger charge is 2.46. The average Bonchev–Trinajstić information content (AvgIpc) is 2.53. The van der Waals surface area contributed by atoms with Gasteiger partial charge in [-0.15, -0.1) is 0 Å². The molecule has 1 aromatic carbocycles. The van der Waals surface area contributed by atoms with Crippen LogP contribution in [-0.4, -0.2) is 36.2 Å². The summed E-state index contributed by atoms with van der Waals surface area (Å²) in [6, 6.07) is 6.02. The van der Waals surface area contributed by atoms with Crippen molar-refractivity contribution in [3.05, 3.63) is 35.4 Å². The van der Waals surface area contributed by atoms with Gasteiger partial charge in [0.2, 0.25) is 11.8 Å². The van der Waals surface area contributed by atoms with Crippen LogP contribution in [0.2, 0.25) is 0 Å². The maximum absolute atomic E-state index is 12.0. The summed E-state index contributed by atoms with van der Waals surface area (Å²) in [5.74, 6) is 0.967. The van der Waals surface area contributed by atoms with Crippen molar-refractivity contribution in [3.63, 3.8) is 0 Å². The van der Waals surface area contributed by atoms with Gasteiger partial charge in [0.05, 0.1) is 0 Å². The first kappa shape index (κ1) is 18.4. The standard InChI is InChI=1S/C14H15N3O4.CH2S/c1-8-3-5-9(6-4-8)10(18)15-7-14(2)11(19)16-13(21)17-12(14)20;1-2/h3-6H,7H2,1-2H3,(H,15,18)(H2,16,17,19,20,21);1H2. The molecule has 0 atom stereocenters. The lowest BCUT2D eigenvalue weighted by Gasteiger charge is -2.30. The summed E-state index contributed by atoms with van der Waals surface area (Å²) in [6.07, 6.45) is 0. The fourth-order valence-corrected chi connectivity index (χ4v) is 1.84. The number of nitrogens with one attached hydrogen (secondary N) is 3. The predicted octanol–water partition coefficient (Wildman–Crippen LogP) is 0.713. The molecule has 0 saturated carbocycles. The number of benzene rings is 1. The molecule has 0 spiro atoms. The molecule has 8 heteroatoms. The molecule has 1 fully saturated rings. The Bertz CT molecular complexity index is 623. The van der Waals surface area contributed by atoms with E-state index in [1.807, 2.05) is 17.6 Å². The van der Waals surface area contributed by atoms with Crippen LogP contribution in [0, 0.1) is 12.3 Å². The highest BCUT2D eigenvalue weighted by atomic mass is 32.1. The minimum absolute atomic E-state index is 0.204. The van der Waals surface area contributed by atoms with Crippen LogP contribution in [0.15, 0.2) is 24.3 Å². The maximum Gasteiger partial charge on any atom is 0.328 e. The number of rotatable bonds is 3. The Kier molecular flexibility index (Phi) is 6.09.